The molecule has 7 rings (SSSR count). The number of ether oxygens (including phenoxy) is 2. The topological polar surface area (TPSA) is 121 Å². The number of halogens is 2. The number of esters is 2. The first-order valence-electron chi connectivity index (χ1n) is 15.0. The second-order valence-corrected chi connectivity index (χ2v) is 12.0. The molecule has 0 amide bonds. The molecule has 0 spiro atoms. The predicted molar refractivity (Wildman–Crippen MR) is 169 cm³/mol. The first-order valence-corrected chi connectivity index (χ1v) is 15.0. The number of benzene rings is 1. The number of H-pyrrole nitrogens is 1. The Morgan fingerprint density at radius 3 is 2.67 bits per heavy atom. The lowest BCUT2D eigenvalue weighted by Crippen LogP contribution is -2.35. The highest BCUT2D eigenvalue weighted by Gasteiger charge is 2.42. The van der Waals surface area contributed by atoms with Crippen LogP contribution in [0.3, 0.4) is 0 Å². The molecule has 0 saturated carbocycles. The van der Waals surface area contributed by atoms with Gasteiger partial charge in [-0.05, 0) is 37.6 Å². The van der Waals surface area contributed by atoms with E-state index in [2.05, 4.69) is 32.1 Å². The third-order valence-corrected chi connectivity index (χ3v) is 9.04. The second kappa shape index (κ2) is 11.1. The Balaban J connectivity index is 1.44. The van der Waals surface area contributed by atoms with E-state index in [1.165, 1.54) is 24.3 Å². The van der Waals surface area contributed by atoms with Crippen molar-refractivity contribution in [3.63, 3.8) is 0 Å². The SMILES string of the molecule is CNc1cc(F)c(F)c2c1[nH]c1ncc(-c3ccc4ccc(C(=O)OC(C)OC(C)=O)c(=O)n4c3)c(N3CC[C@H]4CN(C)C[C@H]43)c12. The molecule has 2 aliphatic heterocycles. The van der Waals surface area contributed by atoms with Gasteiger partial charge >= 0.3 is 11.9 Å². The zero-order valence-electron chi connectivity index (χ0n) is 25.7. The summed E-state index contributed by atoms with van der Waals surface area (Å²) in [4.78, 5) is 50.1. The highest BCUT2D eigenvalue weighted by Crippen LogP contribution is 2.46. The monoisotopic (exact) mass is 630 g/mol. The van der Waals surface area contributed by atoms with Gasteiger partial charge in [0.15, 0.2) is 11.6 Å². The maximum Gasteiger partial charge on any atom is 0.346 e. The van der Waals surface area contributed by atoms with Crippen LogP contribution in [0.4, 0.5) is 20.2 Å². The summed E-state index contributed by atoms with van der Waals surface area (Å²) in [5.41, 5.74) is 2.78. The van der Waals surface area contributed by atoms with Gasteiger partial charge in [-0.25, -0.2) is 18.6 Å². The van der Waals surface area contributed by atoms with Gasteiger partial charge in [-0.15, -0.1) is 0 Å². The molecule has 1 unspecified atom stereocenters. The summed E-state index contributed by atoms with van der Waals surface area (Å²) in [7, 11) is 3.72. The molecular weight excluding hydrogens is 598 g/mol. The number of pyridine rings is 3. The number of carbonyl (C=O) groups excluding carboxylic acids is 2. The molecule has 2 saturated heterocycles. The molecule has 13 heteroatoms. The molecule has 0 aliphatic carbocycles. The fourth-order valence-electron chi connectivity index (χ4n) is 7.08. The number of carbonyl (C=O) groups is 2. The summed E-state index contributed by atoms with van der Waals surface area (Å²) >= 11 is 0. The molecule has 5 aromatic rings. The van der Waals surface area contributed by atoms with Gasteiger partial charge in [-0.2, -0.15) is 0 Å². The average molecular weight is 631 g/mol. The Labute approximate surface area is 261 Å². The van der Waals surface area contributed by atoms with E-state index in [9.17, 15) is 18.8 Å². The van der Waals surface area contributed by atoms with Crippen LogP contribution in [0.5, 0.6) is 0 Å². The van der Waals surface area contributed by atoms with E-state index in [-0.39, 0.29) is 17.0 Å². The minimum absolute atomic E-state index is 0.100. The highest BCUT2D eigenvalue weighted by atomic mass is 19.2. The van der Waals surface area contributed by atoms with Crippen LogP contribution in [-0.2, 0) is 14.3 Å². The van der Waals surface area contributed by atoms with Gasteiger partial charge in [0, 0.05) is 81.7 Å². The third-order valence-electron chi connectivity index (χ3n) is 9.04. The maximum absolute atomic E-state index is 15.8. The molecule has 6 heterocycles. The molecule has 0 radical (unpaired) electrons. The minimum Gasteiger partial charge on any atom is -0.426 e. The number of rotatable bonds is 6. The normalized spacial score (nSPS) is 18.8. The first kappa shape index (κ1) is 29.7. The molecular formula is C33H32F2N6O5. The minimum atomic E-state index is -1.18. The molecule has 2 fully saturated rings. The number of likely N-dealkylation sites (tertiary alicyclic amines) is 1. The fraction of sp³-hybridized carbons (Fsp3) is 0.333. The van der Waals surface area contributed by atoms with Crippen molar-refractivity contribution in [2.24, 2.45) is 5.92 Å². The lowest BCUT2D eigenvalue weighted by atomic mass is 10.00. The molecule has 2 aliphatic rings. The summed E-state index contributed by atoms with van der Waals surface area (Å²) in [6, 6.07) is 7.81. The third kappa shape index (κ3) is 4.73. The number of nitrogens with zero attached hydrogens (tertiary/aromatic N) is 4. The molecule has 4 aromatic heterocycles. The summed E-state index contributed by atoms with van der Waals surface area (Å²) in [5, 5.41) is 3.51. The maximum atomic E-state index is 15.8. The van der Waals surface area contributed by atoms with Gasteiger partial charge in [0.2, 0.25) is 6.29 Å². The van der Waals surface area contributed by atoms with Crippen molar-refractivity contribution in [2.45, 2.75) is 32.6 Å². The Morgan fingerprint density at radius 1 is 1.13 bits per heavy atom. The largest absolute Gasteiger partial charge is 0.426 e. The number of hydrogen-bond acceptors (Lipinski definition) is 9. The fourth-order valence-corrected chi connectivity index (χ4v) is 7.08. The molecule has 46 heavy (non-hydrogen) atoms. The van der Waals surface area contributed by atoms with Gasteiger partial charge < -0.3 is 29.6 Å². The zero-order chi connectivity index (χ0) is 32.4. The summed E-state index contributed by atoms with van der Waals surface area (Å²) in [6.07, 6.45) is 3.04. The van der Waals surface area contributed by atoms with E-state index >= 15 is 4.39 Å². The number of fused-ring (bicyclic) bond motifs is 5. The standard InChI is InChI=1S/C33H32F2N6O5/c1-16(42)45-17(2)46-33(44)21-8-7-20-6-5-18(14-41(20)32(21)43)22-12-37-31-27(26-28(35)23(34)11-24(36-3)29(26)38-31)30(22)40-10-9-19-13-39(4)15-25(19)40/h5-8,11-12,14,17,19,25,36H,9-10,13,15H2,1-4H3,(H,37,38)/t17?,19-,25+/m0/s1. The number of aromatic nitrogens is 3. The van der Waals surface area contributed by atoms with Crippen LogP contribution in [-0.4, -0.2) is 77.3 Å². The first-order chi connectivity index (χ1) is 22.0. The lowest BCUT2D eigenvalue weighted by Gasteiger charge is -2.29. The van der Waals surface area contributed by atoms with Crippen LogP contribution in [0.25, 0.3) is 38.6 Å². The predicted octanol–water partition coefficient (Wildman–Crippen LogP) is 4.52. The number of likely N-dealkylation sites (N-methyl/N-ethyl adjacent to an activating group) is 1. The van der Waals surface area contributed by atoms with Gasteiger partial charge in [-0.1, -0.05) is 6.07 Å². The number of hydrogen-bond donors (Lipinski definition) is 2. The van der Waals surface area contributed by atoms with E-state index < -0.39 is 35.4 Å². The molecule has 0 bridgehead atoms. The Kier molecular flexibility index (Phi) is 7.15. The summed E-state index contributed by atoms with van der Waals surface area (Å²) < 4.78 is 42.1. The van der Waals surface area contributed by atoms with Gasteiger partial charge in [-0.3, -0.25) is 14.0 Å². The van der Waals surface area contributed by atoms with Crippen LogP contribution in [0.1, 0.15) is 30.6 Å². The quantitative estimate of drug-likeness (QED) is 0.206. The van der Waals surface area contributed by atoms with Crippen LogP contribution in [0.15, 0.2) is 47.5 Å². The molecule has 238 valence electrons. The van der Waals surface area contributed by atoms with Crippen molar-refractivity contribution in [3.8, 4) is 11.1 Å². The van der Waals surface area contributed by atoms with Crippen LogP contribution in [0.2, 0.25) is 0 Å². The Morgan fingerprint density at radius 2 is 1.91 bits per heavy atom. The van der Waals surface area contributed by atoms with Crippen molar-refractivity contribution in [2.75, 3.05) is 43.9 Å². The Hall–Kier alpha value is -5.04. The molecule has 11 nitrogen and oxygen atoms in total. The van der Waals surface area contributed by atoms with E-state index in [1.54, 1.807) is 31.6 Å². The molecule has 1 aromatic carbocycles. The number of aromatic amines is 1. The van der Waals surface area contributed by atoms with Crippen molar-refractivity contribution < 1.29 is 27.8 Å². The average Bonchev–Trinajstić information content (AvgIpc) is 3.70. The van der Waals surface area contributed by atoms with Crippen LogP contribution in [0, 0.1) is 17.6 Å². The summed E-state index contributed by atoms with van der Waals surface area (Å²) in [6.45, 7) is 5.02. The van der Waals surface area contributed by atoms with Crippen LogP contribution >= 0.6 is 0 Å². The van der Waals surface area contributed by atoms with E-state index in [4.69, 9.17) is 9.47 Å². The van der Waals surface area contributed by atoms with Crippen molar-refractivity contribution in [1.29, 1.82) is 0 Å². The van der Waals surface area contributed by atoms with Crippen LogP contribution < -0.4 is 15.8 Å². The van der Waals surface area contributed by atoms with Gasteiger partial charge in [0.05, 0.1) is 27.7 Å². The second-order valence-electron chi connectivity index (χ2n) is 12.0. The van der Waals surface area contributed by atoms with E-state index in [0.29, 0.717) is 57.0 Å². The number of anilines is 2. The Bertz CT molecular complexity index is 2130. The van der Waals surface area contributed by atoms with Gasteiger partial charge in [0.1, 0.15) is 11.2 Å². The number of nitrogens with one attached hydrogen (secondary N) is 2. The van der Waals surface area contributed by atoms with E-state index in [0.717, 1.165) is 25.6 Å². The van der Waals surface area contributed by atoms with Crippen molar-refractivity contribution >= 4 is 50.8 Å². The molecule has 2 N–H and O–H groups in total. The smallest absolute Gasteiger partial charge is 0.346 e. The highest BCUT2D eigenvalue weighted by molar-refractivity contribution is 6.18. The van der Waals surface area contributed by atoms with E-state index in [1.807, 2.05) is 6.07 Å². The zero-order valence-corrected chi connectivity index (χ0v) is 25.7. The summed E-state index contributed by atoms with van der Waals surface area (Å²) in [5.74, 6) is -3.11. The van der Waals surface area contributed by atoms with Crippen molar-refractivity contribution in [1.82, 2.24) is 19.3 Å². The van der Waals surface area contributed by atoms with Crippen molar-refractivity contribution in [3.05, 3.63) is 70.3 Å². The van der Waals surface area contributed by atoms with Gasteiger partial charge in [0.25, 0.3) is 5.56 Å². The lowest BCUT2D eigenvalue weighted by molar-refractivity contribution is -0.162. The molecule has 3 atom stereocenters.